The Balaban J connectivity index is 2.97. The SMILES string of the molecule is CCCC(C)NS(=O)(=O)c1ccc(C)cc1C. The van der Waals surface area contributed by atoms with E-state index >= 15 is 0 Å². The largest absolute Gasteiger partial charge is 0.241 e. The van der Waals surface area contributed by atoms with E-state index < -0.39 is 10.0 Å². The molecule has 0 aromatic heterocycles. The molecule has 1 aromatic rings. The van der Waals surface area contributed by atoms with Crippen LogP contribution in [0.2, 0.25) is 0 Å². The maximum Gasteiger partial charge on any atom is 0.241 e. The fraction of sp³-hybridized carbons (Fsp3) is 0.538. The van der Waals surface area contributed by atoms with E-state index in [2.05, 4.69) is 4.72 Å². The summed E-state index contributed by atoms with van der Waals surface area (Å²) in [6, 6.07) is 5.36. The van der Waals surface area contributed by atoms with Gasteiger partial charge >= 0.3 is 0 Å². The van der Waals surface area contributed by atoms with Crippen LogP contribution in [0.1, 0.15) is 37.8 Å². The topological polar surface area (TPSA) is 46.2 Å². The molecule has 0 spiro atoms. The molecule has 3 nitrogen and oxygen atoms in total. The summed E-state index contributed by atoms with van der Waals surface area (Å²) in [4.78, 5) is 0.381. The number of rotatable bonds is 5. The molecule has 0 aliphatic heterocycles. The van der Waals surface area contributed by atoms with E-state index in [1.165, 1.54) is 0 Å². The van der Waals surface area contributed by atoms with Crippen molar-refractivity contribution in [1.29, 1.82) is 0 Å². The fourth-order valence-corrected chi connectivity index (χ4v) is 3.43. The lowest BCUT2D eigenvalue weighted by Crippen LogP contribution is -2.32. The second-order valence-corrected chi connectivity index (χ2v) is 6.26. The van der Waals surface area contributed by atoms with Gasteiger partial charge in [0.2, 0.25) is 10.0 Å². The van der Waals surface area contributed by atoms with Gasteiger partial charge < -0.3 is 0 Å². The van der Waals surface area contributed by atoms with Crippen LogP contribution >= 0.6 is 0 Å². The molecule has 96 valence electrons. The molecule has 0 aliphatic rings. The van der Waals surface area contributed by atoms with Gasteiger partial charge in [-0.15, -0.1) is 0 Å². The highest BCUT2D eigenvalue weighted by atomic mass is 32.2. The van der Waals surface area contributed by atoms with Crippen LogP contribution in [0.15, 0.2) is 23.1 Å². The highest BCUT2D eigenvalue weighted by Crippen LogP contribution is 2.17. The van der Waals surface area contributed by atoms with E-state index in [4.69, 9.17) is 0 Å². The molecule has 17 heavy (non-hydrogen) atoms. The number of benzene rings is 1. The molecule has 0 saturated carbocycles. The van der Waals surface area contributed by atoms with Gasteiger partial charge in [-0.1, -0.05) is 31.0 Å². The number of sulfonamides is 1. The first kappa shape index (κ1) is 14.2. The van der Waals surface area contributed by atoms with Crippen LogP contribution < -0.4 is 4.72 Å². The number of nitrogens with one attached hydrogen (secondary N) is 1. The van der Waals surface area contributed by atoms with Crippen LogP contribution in [-0.4, -0.2) is 14.5 Å². The van der Waals surface area contributed by atoms with Gasteiger partial charge in [0.15, 0.2) is 0 Å². The average Bonchev–Trinajstić information content (AvgIpc) is 2.15. The normalized spacial score (nSPS) is 13.6. The van der Waals surface area contributed by atoms with Crippen LogP contribution in [0, 0.1) is 13.8 Å². The second-order valence-electron chi connectivity index (χ2n) is 4.58. The van der Waals surface area contributed by atoms with Crippen LogP contribution in [0.3, 0.4) is 0 Å². The molecular weight excluding hydrogens is 234 g/mol. The third-order valence-corrected chi connectivity index (χ3v) is 4.45. The molecule has 0 aliphatic carbocycles. The molecule has 0 bridgehead atoms. The molecule has 1 N–H and O–H groups in total. The van der Waals surface area contributed by atoms with Crippen molar-refractivity contribution >= 4 is 10.0 Å². The molecule has 0 fully saturated rings. The van der Waals surface area contributed by atoms with Crippen LogP contribution in [-0.2, 0) is 10.0 Å². The Bertz CT molecular complexity index is 480. The van der Waals surface area contributed by atoms with E-state index in [1.54, 1.807) is 6.07 Å². The summed E-state index contributed by atoms with van der Waals surface area (Å²) in [6.45, 7) is 7.72. The Morgan fingerprint density at radius 3 is 2.47 bits per heavy atom. The summed E-state index contributed by atoms with van der Waals surface area (Å²) in [7, 11) is -3.38. The molecule has 0 radical (unpaired) electrons. The first-order valence-electron chi connectivity index (χ1n) is 5.96. The molecule has 4 heteroatoms. The quantitative estimate of drug-likeness (QED) is 0.879. The van der Waals surface area contributed by atoms with Gasteiger partial charge in [-0.25, -0.2) is 13.1 Å². The fourth-order valence-electron chi connectivity index (χ4n) is 1.92. The van der Waals surface area contributed by atoms with E-state index in [0.717, 1.165) is 24.0 Å². The Morgan fingerprint density at radius 1 is 1.29 bits per heavy atom. The van der Waals surface area contributed by atoms with Gasteiger partial charge in [0.25, 0.3) is 0 Å². The van der Waals surface area contributed by atoms with Crippen LogP contribution in [0.4, 0.5) is 0 Å². The second kappa shape index (κ2) is 5.65. The third kappa shape index (κ3) is 3.82. The summed E-state index contributed by atoms with van der Waals surface area (Å²) in [6.07, 6.45) is 1.82. The zero-order valence-electron chi connectivity index (χ0n) is 10.9. The summed E-state index contributed by atoms with van der Waals surface area (Å²) in [5.41, 5.74) is 1.87. The maximum atomic E-state index is 12.1. The van der Waals surface area contributed by atoms with Crippen molar-refractivity contribution in [1.82, 2.24) is 4.72 Å². The van der Waals surface area contributed by atoms with E-state index in [9.17, 15) is 8.42 Å². The molecule has 1 atom stereocenters. The van der Waals surface area contributed by atoms with Gasteiger partial charge in [0.1, 0.15) is 0 Å². The summed E-state index contributed by atoms with van der Waals surface area (Å²) in [5.74, 6) is 0. The minimum absolute atomic E-state index is 0.0225. The molecule has 0 saturated heterocycles. The zero-order chi connectivity index (χ0) is 13.1. The van der Waals surface area contributed by atoms with E-state index in [0.29, 0.717) is 4.90 Å². The van der Waals surface area contributed by atoms with Crippen LogP contribution in [0.5, 0.6) is 0 Å². The first-order valence-corrected chi connectivity index (χ1v) is 7.44. The molecular formula is C13H21NO2S. The van der Waals surface area contributed by atoms with Crippen molar-refractivity contribution in [2.75, 3.05) is 0 Å². The zero-order valence-corrected chi connectivity index (χ0v) is 11.8. The van der Waals surface area contributed by atoms with Crippen LogP contribution in [0.25, 0.3) is 0 Å². The van der Waals surface area contributed by atoms with Crippen molar-refractivity contribution in [3.63, 3.8) is 0 Å². The Morgan fingerprint density at radius 2 is 1.94 bits per heavy atom. The molecule has 0 heterocycles. The number of hydrogen-bond acceptors (Lipinski definition) is 2. The lowest BCUT2D eigenvalue weighted by molar-refractivity contribution is 0.543. The third-order valence-electron chi connectivity index (χ3n) is 2.70. The van der Waals surface area contributed by atoms with Gasteiger partial charge in [-0.05, 0) is 38.8 Å². The van der Waals surface area contributed by atoms with Gasteiger partial charge in [-0.3, -0.25) is 0 Å². The molecule has 1 rings (SSSR count). The van der Waals surface area contributed by atoms with Crippen molar-refractivity contribution in [2.45, 2.75) is 51.5 Å². The summed E-state index contributed by atoms with van der Waals surface area (Å²) in [5, 5.41) is 0. The lowest BCUT2D eigenvalue weighted by atomic mass is 10.2. The average molecular weight is 255 g/mol. The van der Waals surface area contributed by atoms with Crippen molar-refractivity contribution in [2.24, 2.45) is 0 Å². The Hall–Kier alpha value is -0.870. The number of hydrogen-bond donors (Lipinski definition) is 1. The van der Waals surface area contributed by atoms with E-state index in [1.807, 2.05) is 39.8 Å². The Kier molecular flexibility index (Phi) is 4.71. The van der Waals surface area contributed by atoms with Gasteiger partial charge in [0.05, 0.1) is 4.90 Å². The number of aryl methyl sites for hydroxylation is 2. The maximum absolute atomic E-state index is 12.1. The van der Waals surface area contributed by atoms with E-state index in [-0.39, 0.29) is 6.04 Å². The monoisotopic (exact) mass is 255 g/mol. The highest BCUT2D eigenvalue weighted by molar-refractivity contribution is 7.89. The predicted molar refractivity (Wildman–Crippen MR) is 70.6 cm³/mol. The van der Waals surface area contributed by atoms with Gasteiger partial charge in [0, 0.05) is 6.04 Å². The van der Waals surface area contributed by atoms with Crippen molar-refractivity contribution in [3.8, 4) is 0 Å². The van der Waals surface area contributed by atoms with Crippen molar-refractivity contribution in [3.05, 3.63) is 29.3 Å². The molecule has 1 unspecified atom stereocenters. The van der Waals surface area contributed by atoms with Crippen molar-refractivity contribution < 1.29 is 8.42 Å². The smallest absolute Gasteiger partial charge is 0.208 e. The predicted octanol–water partition coefficient (Wildman–Crippen LogP) is 2.77. The Labute approximate surface area is 104 Å². The summed E-state index contributed by atoms with van der Waals surface area (Å²) >= 11 is 0. The molecule has 1 aromatic carbocycles. The lowest BCUT2D eigenvalue weighted by Gasteiger charge is -2.14. The first-order chi connectivity index (χ1) is 7.86. The molecule has 0 amide bonds. The highest BCUT2D eigenvalue weighted by Gasteiger charge is 2.18. The standard InChI is InChI=1S/C13H21NO2S/c1-5-6-12(4)14-17(15,16)13-8-7-10(2)9-11(13)3/h7-9,12,14H,5-6H2,1-4H3. The summed E-state index contributed by atoms with van der Waals surface area (Å²) < 4.78 is 27.0. The minimum atomic E-state index is -3.38. The minimum Gasteiger partial charge on any atom is -0.208 e. The van der Waals surface area contributed by atoms with Gasteiger partial charge in [-0.2, -0.15) is 0 Å².